The lowest BCUT2D eigenvalue weighted by atomic mass is 10.1. The van der Waals surface area contributed by atoms with Gasteiger partial charge in [0.25, 0.3) is 0 Å². The summed E-state index contributed by atoms with van der Waals surface area (Å²) in [5, 5.41) is 9.09. The topological polar surface area (TPSA) is 50.3 Å². The SMILES string of the molecule is CC(F)c1nc(C#N)c2ccc(-c3ccc(OC(F)(F)F)cc3)cn12. The Morgan fingerprint density at radius 3 is 2.32 bits per heavy atom. The lowest BCUT2D eigenvalue weighted by Gasteiger charge is -2.10. The van der Waals surface area contributed by atoms with Crippen LogP contribution >= 0.6 is 0 Å². The molecule has 2 heterocycles. The van der Waals surface area contributed by atoms with Crippen LogP contribution in [0.2, 0.25) is 0 Å². The highest BCUT2D eigenvalue weighted by Gasteiger charge is 2.31. The quantitative estimate of drug-likeness (QED) is 0.638. The predicted molar refractivity (Wildman–Crippen MR) is 81.5 cm³/mol. The van der Waals surface area contributed by atoms with Gasteiger partial charge in [0.05, 0.1) is 5.52 Å². The first-order valence-electron chi connectivity index (χ1n) is 7.21. The molecule has 0 amide bonds. The Labute approximate surface area is 139 Å². The minimum absolute atomic E-state index is 0.0884. The number of pyridine rings is 1. The van der Waals surface area contributed by atoms with Gasteiger partial charge in [0, 0.05) is 6.20 Å². The average molecular weight is 349 g/mol. The normalized spacial score (nSPS) is 12.8. The van der Waals surface area contributed by atoms with Gasteiger partial charge in [-0.15, -0.1) is 13.2 Å². The molecule has 1 aromatic carbocycles. The molecule has 0 fully saturated rings. The maximum atomic E-state index is 13.7. The molecule has 0 radical (unpaired) electrons. The Kier molecular flexibility index (Phi) is 4.08. The van der Waals surface area contributed by atoms with Crippen LogP contribution in [0.5, 0.6) is 5.75 Å². The summed E-state index contributed by atoms with van der Waals surface area (Å²) < 4.78 is 55.6. The number of fused-ring (bicyclic) bond motifs is 1. The largest absolute Gasteiger partial charge is 0.573 e. The maximum Gasteiger partial charge on any atom is 0.573 e. The zero-order chi connectivity index (χ0) is 18.2. The van der Waals surface area contributed by atoms with Crippen LogP contribution in [0, 0.1) is 11.3 Å². The van der Waals surface area contributed by atoms with Crippen molar-refractivity contribution >= 4 is 5.52 Å². The Hall–Kier alpha value is -3.08. The molecule has 0 aliphatic carbocycles. The van der Waals surface area contributed by atoms with E-state index in [1.165, 1.54) is 35.6 Å². The van der Waals surface area contributed by atoms with Crippen LogP contribution < -0.4 is 4.74 Å². The van der Waals surface area contributed by atoms with Gasteiger partial charge in [-0.05, 0) is 36.2 Å². The fraction of sp³-hybridized carbons (Fsp3) is 0.176. The summed E-state index contributed by atoms with van der Waals surface area (Å²) in [6, 6.07) is 10.5. The second kappa shape index (κ2) is 6.09. The number of nitrogens with zero attached hydrogens (tertiary/aromatic N) is 3. The van der Waals surface area contributed by atoms with Gasteiger partial charge in [-0.1, -0.05) is 18.2 Å². The molecule has 8 heteroatoms. The number of hydrogen-bond donors (Lipinski definition) is 0. The van der Waals surface area contributed by atoms with Crippen molar-refractivity contribution in [3.05, 3.63) is 54.1 Å². The molecule has 25 heavy (non-hydrogen) atoms. The molecule has 1 unspecified atom stereocenters. The number of ether oxygens (including phenoxy) is 1. The second-order valence-electron chi connectivity index (χ2n) is 5.29. The number of alkyl halides is 4. The third-order valence-electron chi connectivity index (χ3n) is 3.55. The van der Waals surface area contributed by atoms with Gasteiger partial charge < -0.3 is 4.74 Å². The zero-order valence-corrected chi connectivity index (χ0v) is 12.9. The van der Waals surface area contributed by atoms with Gasteiger partial charge >= 0.3 is 6.36 Å². The molecule has 3 rings (SSSR count). The number of benzene rings is 1. The van der Waals surface area contributed by atoms with Crippen LogP contribution in [0.25, 0.3) is 16.6 Å². The molecule has 4 nitrogen and oxygen atoms in total. The van der Waals surface area contributed by atoms with Crippen molar-refractivity contribution in [3.63, 3.8) is 0 Å². The molecule has 0 bridgehead atoms. The van der Waals surface area contributed by atoms with Gasteiger partial charge in [-0.3, -0.25) is 4.40 Å². The van der Waals surface area contributed by atoms with Crippen molar-refractivity contribution in [2.24, 2.45) is 0 Å². The van der Waals surface area contributed by atoms with Gasteiger partial charge in [0.1, 0.15) is 17.6 Å². The monoisotopic (exact) mass is 349 g/mol. The molecule has 0 saturated heterocycles. The summed E-state index contributed by atoms with van der Waals surface area (Å²) in [7, 11) is 0. The molecule has 0 N–H and O–H groups in total. The van der Waals surface area contributed by atoms with Crippen molar-refractivity contribution in [1.82, 2.24) is 9.38 Å². The van der Waals surface area contributed by atoms with E-state index in [0.29, 0.717) is 16.6 Å². The fourth-order valence-corrected chi connectivity index (χ4v) is 2.49. The Morgan fingerprint density at radius 2 is 1.76 bits per heavy atom. The maximum absolute atomic E-state index is 13.7. The zero-order valence-electron chi connectivity index (χ0n) is 12.9. The Bertz CT molecular complexity index is 953. The predicted octanol–water partition coefficient (Wildman–Crippen LogP) is 4.80. The van der Waals surface area contributed by atoms with E-state index >= 15 is 0 Å². The van der Waals surface area contributed by atoms with E-state index in [4.69, 9.17) is 5.26 Å². The first-order valence-corrected chi connectivity index (χ1v) is 7.21. The number of aromatic nitrogens is 2. The summed E-state index contributed by atoms with van der Waals surface area (Å²) in [4.78, 5) is 3.98. The third-order valence-corrected chi connectivity index (χ3v) is 3.55. The second-order valence-corrected chi connectivity index (χ2v) is 5.29. The highest BCUT2D eigenvalue weighted by Crippen LogP contribution is 2.28. The molecule has 0 aliphatic rings. The van der Waals surface area contributed by atoms with Crippen LogP contribution in [-0.4, -0.2) is 15.7 Å². The molecular weight excluding hydrogens is 338 g/mol. The summed E-state index contributed by atoms with van der Waals surface area (Å²) in [5.74, 6) is -0.241. The highest BCUT2D eigenvalue weighted by atomic mass is 19.4. The third kappa shape index (κ3) is 3.40. The van der Waals surface area contributed by atoms with Gasteiger partial charge in [-0.25, -0.2) is 9.37 Å². The van der Waals surface area contributed by atoms with E-state index in [2.05, 4.69) is 9.72 Å². The lowest BCUT2D eigenvalue weighted by Crippen LogP contribution is -2.16. The van der Waals surface area contributed by atoms with Crippen molar-refractivity contribution in [2.75, 3.05) is 0 Å². The molecule has 0 spiro atoms. The Balaban J connectivity index is 2.02. The summed E-state index contributed by atoms with van der Waals surface area (Å²) in [5.41, 5.74) is 1.82. The number of hydrogen-bond acceptors (Lipinski definition) is 3. The minimum Gasteiger partial charge on any atom is -0.406 e. The van der Waals surface area contributed by atoms with Gasteiger partial charge in [0.15, 0.2) is 11.9 Å². The van der Waals surface area contributed by atoms with E-state index in [1.54, 1.807) is 18.3 Å². The van der Waals surface area contributed by atoms with Crippen molar-refractivity contribution in [2.45, 2.75) is 19.5 Å². The minimum atomic E-state index is -4.75. The number of nitriles is 1. The standard InChI is InChI=1S/C17H11F4N3O/c1-10(18)16-23-14(8-22)15-7-4-12(9-24(15)16)11-2-5-13(6-3-11)25-17(19,20)21/h2-7,9-10H,1H3. The molecule has 0 aliphatic heterocycles. The highest BCUT2D eigenvalue weighted by molar-refractivity contribution is 5.68. The number of imidazole rings is 1. The van der Waals surface area contributed by atoms with Crippen LogP contribution in [0.3, 0.4) is 0 Å². The van der Waals surface area contributed by atoms with Crippen LogP contribution in [0.4, 0.5) is 17.6 Å². The summed E-state index contributed by atoms with van der Waals surface area (Å²) in [6.07, 6.45) is -4.54. The first kappa shape index (κ1) is 16.8. The van der Waals surface area contributed by atoms with Crippen LogP contribution in [0.1, 0.15) is 24.6 Å². The van der Waals surface area contributed by atoms with Crippen molar-refractivity contribution in [3.8, 4) is 22.9 Å². The summed E-state index contributed by atoms with van der Waals surface area (Å²) >= 11 is 0. The molecule has 0 saturated carbocycles. The van der Waals surface area contributed by atoms with E-state index < -0.39 is 12.5 Å². The fourth-order valence-electron chi connectivity index (χ4n) is 2.49. The van der Waals surface area contributed by atoms with Gasteiger partial charge in [-0.2, -0.15) is 5.26 Å². The smallest absolute Gasteiger partial charge is 0.406 e. The van der Waals surface area contributed by atoms with Crippen molar-refractivity contribution < 1.29 is 22.3 Å². The number of rotatable bonds is 3. The van der Waals surface area contributed by atoms with E-state index in [0.717, 1.165) is 0 Å². The summed E-state index contributed by atoms with van der Waals surface area (Å²) in [6.45, 7) is 1.31. The lowest BCUT2D eigenvalue weighted by molar-refractivity contribution is -0.274. The van der Waals surface area contributed by atoms with E-state index in [1.807, 2.05) is 6.07 Å². The van der Waals surface area contributed by atoms with Gasteiger partial charge in [0.2, 0.25) is 0 Å². The molecule has 1 atom stereocenters. The van der Waals surface area contributed by atoms with E-state index in [9.17, 15) is 17.6 Å². The molecule has 128 valence electrons. The Morgan fingerprint density at radius 1 is 1.12 bits per heavy atom. The van der Waals surface area contributed by atoms with Crippen LogP contribution in [0.15, 0.2) is 42.6 Å². The molecular formula is C17H11F4N3O. The first-order chi connectivity index (χ1) is 11.8. The van der Waals surface area contributed by atoms with Crippen LogP contribution in [-0.2, 0) is 0 Å². The molecule has 2 aromatic heterocycles. The average Bonchev–Trinajstić information content (AvgIpc) is 2.92. The van der Waals surface area contributed by atoms with Crippen molar-refractivity contribution in [1.29, 1.82) is 5.26 Å². The number of halogens is 4. The van der Waals surface area contributed by atoms with E-state index in [-0.39, 0.29) is 17.3 Å². The molecule has 3 aromatic rings.